The molecular formula is C23H26N4O7S2. The third-order valence-electron chi connectivity index (χ3n) is 5.43. The van der Waals surface area contributed by atoms with E-state index in [1.54, 1.807) is 6.92 Å². The molecule has 1 amide bonds. The third-order valence-corrected chi connectivity index (χ3v) is 8.65. The fourth-order valence-corrected chi connectivity index (χ4v) is 6.36. The van der Waals surface area contributed by atoms with E-state index < -0.39 is 26.0 Å². The fourth-order valence-electron chi connectivity index (χ4n) is 3.79. The number of hydrogen-bond acceptors (Lipinski definition) is 8. The summed E-state index contributed by atoms with van der Waals surface area (Å²) >= 11 is 0. The number of morpholine rings is 1. The number of nitrogens with zero attached hydrogens (tertiary/aromatic N) is 2. The number of aryl methyl sites for hydroxylation is 1. The molecule has 3 aromatic rings. The van der Waals surface area contributed by atoms with Crippen LogP contribution >= 0.6 is 0 Å². The van der Waals surface area contributed by atoms with Crippen molar-refractivity contribution in [2.24, 2.45) is 0 Å². The monoisotopic (exact) mass is 534 g/mol. The van der Waals surface area contributed by atoms with Crippen molar-refractivity contribution in [3.8, 4) is 0 Å². The van der Waals surface area contributed by atoms with Gasteiger partial charge < -0.3 is 14.6 Å². The van der Waals surface area contributed by atoms with Crippen molar-refractivity contribution < 1.29 is 30.9 Å². The molecule has 1 fully saturated rings. The smallest absolute Gasteiger partial charge is 0.263 e. The normalized spacial score (nSPS) is 19.1. The minimum absolute atomic E-state index is 0.0255. The number of carbonyl (C=O) groups is 1. The Balaban J connectivity index is 1.42. The molecule has 0 aliphatic carbocycles. The van der Waals surface area contributed by atoms with Crippen LogP contribution in [0.4, 0.5) is 11.5 Å². The maximum absolute atomic E-state index is 13.0. The SMILES string of the molecule is Cc1cc(NS(=O)(=O)c2ccc(NC(=O)c3ccc(S(=O)(=O)N4CC(C)OC(C)C4)cc3)cc2)no1. The molecular weight excluding hydrogens is 508 g/mol. The van der Waals surface area contributed by atoms with Crippen molar-refractivity contribution in [2.75, 3.05) is 23.1 Å². The minimum Gasteiger partial charge on any atom is -0.373 e. The van der Waals surface area contributed by atoms with E-state index in [0.717, 1.165) is 0 Å². The third kappa shape index (κ3) is 5.75. The second-order valence-electron chi connectivity index (χ2n) is 8.51. The van der Waals surface area contributed by atoms with E-state index in [9.17, 15) is 21.6 Å². The fraction of sp³-hybridized carbons (Fsp3) is 0.304. The zero-order chi connectivity index (χ0) is 26.1. The van der Waals surface area contributed by atoms with Crippen molar-refractivity contribution in [1.82, 2.24) is 9.46 Å². The van der Waals surface area contributed by atoms with E-state index in [0.29, 0.717) is 11.4 Å². The summed E-state index contributed by atoms with van der Waals surface area (Å²) in [6.45, 7) is 5.80. The molecule has 192 valence electrons. The van der Waals surface area contributed by atoms with Gasteiger partial charge in [-0.2, -0.15) is 4.31 Å². The molecule has 11 nitrogen and oxygen atoms in total. The van der Waals surface area contributed by atoms with Crippen molar-refractivity contribution in [1.29, 1.82) is 0 Å². The molecule has 2 unspecified atom stereocenters. The largest absolute Gasteiger partial charge is 0.373 e. The zero-order valence-corrected chi connectivity index (χ0v) is 21.5. The van der Waals surface area contributed by atoms with E-state index in [1.165, 1.54) is 58.9 Å². The number of rotatable bonds is 7. The van der Waals surface area contributed by atoms with Gasteiger partial charge >= 0.3 is 0 Å². The summed E-state index contributed by atoms with van der Waals surface area (Å²) < 4.78 is 65.1. The van der Waals surface area contributed by atoms with Crippen molar-refractivity contribution >= 4 is 37.5 Å². The van der Waals surface area contributed by atoms with Gasteiger partial charge in [-0.1, -0.05) is 5.16 Å². The highest BCUT2D eigenvalue weighted by atomic mass is 32.2. The molecule has 13 heteroatoms. The number of amides is 1. The van der Waals surface area contributed by atoms with Crippen LogP contribution in [0.15, 0.2) is 68.9 Å². The molecule has 1 aliphatic rings. The number of nitrogens with one attached hydrogen (secondary N) is 2. The van der Waals surface area contributed by atoms with Crippen LogP contribution in [0.2, 0.25) is 0 Å². The number of ether oxygens (including phenoxy) is 1. The average Bonchev–Trinajstić information content (AvgIpc) is 3.22. The Morgan fingerprint density at radius 3 is 2.08 bits per heavy atom. The van der Waals surface area contributed by atoms with E-state index in [2.05, 4.69) is 15.2 Å². The van der Waals surface area contributed by atoms with Crippen molar-refractivity contribution in [3.63, 3.8) is 0 Å². The molecule has 0 saturated carbocycles. The number of benzene rings is 2. The van der Waals surface area contributed by atoms with Gasteiger partial charge in [0.2, 0.25) is 10.0 Å². The van der Waals surface area contributed by atoms with Gasteiger partial charge in [-0.25, -0.2) is 16.8 Å². The molecule has 4 rings (SSSR count). The Kier molecular flexibility index (Phi) is 7.18. The van der Waals surface area contributed by atoms with Crippen LogP contribution in [0.1, 0.15) is 30.0 Å². The van der Waals surface area contributed by atoms with Gasteiger partial charge in [0.05, 0.1) is 22.0 Å². The maximum Gasteiger partial charge on any atom is 0.263 e. The Hall–Kier alpha value is -3.26. The van der Waals surface area contributed by atoms with Crippen LogP contribution in [-0.4, -0.2) is 57.5 Å². The summed E-state index contributed by atoms with van der Waals surface area (Å²) in [5.41, 5.74) is 0.613. The molecule has 0 radical (unpaired) electrons. The molecule has 0 bridgehead atoms. The summed E-state index contributed by atoms with van der Waals surface area (Å²) in [7, 11) is -7.61. The first-order valence-electron chi connectivity index (χ1n) is 11.1. The van der Waals surface area contributed by atoms with Gasteiger partial charge in [-0.3, -0.25) is 9.52 Å². The number of aromatic nitrogens is 1. The van der Waals surface area contributed by atoms with Crippen LogP contribution in [-0.2, 0) is 24.8 Å². The Labute approximate surface area is 209 Å². The van der Waals surface area contributed by atoms with Crippen LogP contribution in [0.25, 0.3) is 0 Å². The predicted octanol–water partition coefficient (Wildman–Crippen LogP) is 2.83. The number of sulfonamides is 2. The molecule has 1 aliphatic heterocycles. The second kappa shape index (κ2) is 10.0. The minimum atomic E-state index is -3.89. The number of carbonyl (C=O) groups excluding carboxylic acids is 1. The van der Waals surface area contributed by atoms with E-state index in [1.807, 2.05) is 13.8 Å². The van der Waals surface area contributed by atoms with Gasteiger partial charge in [0.25, 0.3) is 15.9 Å². The summed E-state index contributed by atoms with van der Waals surface area (Å²) in [5, 5.41) is 6.27. The van der Waals surface area contributed by atoms with Crippen LogP contribution in [0.3, 0.4) is 0 Å². The Bertz CT molecular complexity index is 1440. The van der Waals surface area contributed by atoms with Gasteiger partial charge in [0, 0.05) is 30.4 Å². The topological polar surface area (TPSA) is 148 Å². The first kappa shape index (κ1) is 25.8. The van der Waals surface area contributed by atoms with E-state index in [-0.39, 0.29) is 46.5 Å². The first-order chi connectivity index (χ1) is 16.9. The molecule has 2 heterocycles. The van der Waals surface area contributed by atoms with Gasteiger partial charge in [0.1, 0.15) is 5.76 Å². The van der Waals surface area contributed by atoms with Gasteiger partial charge in [0.15, 0.2) is 5.82 Å². The molecule has 2 atom stereocenters. The highest BCUT2D eigenvalue weighted by Crippen LogP contribution is 2.22. The Morgan fingerprint density at radius 2 is 1.53 bits per heavy atom. The van der Waals surface area contributed by atoms with Gasteiger partial charge in [-0.05, 0) is 69.3 Å². The quantitative estimate of drug-likeness (QED) is 0.470. The lowest BCUT2D eigenvalue weighted by Crippen LogP contribution is -2.48. The highest BCUT2D eigenvalue weighted by molar-refractivity contribution is 7.92. The molecule has 1 saturated heterocycles. The van der Waals surface area contributed by atoms with E-state index >= 15 is 0 Å². The second-order valence-corrected chi connectivity index (χ2v) is 12.1. The predicted molar refractivity (Wildman–Crippen MR) is 132 cm³/mol. The lowest BCUT2D eigenvalue weighted by atomic mass is 10.2. The van der Waals surface area contributed by atoms with Crippen LogP contribution < -0.4 is 10.0 Å². The Morgan fingerprint density at radius 1 is 0.944 bits per heavy atom. The standard InChI is InChI=1S/C23H26N4O7S2/c1-15-12-22(25-34-15)26-35(29,30)20-10-6-19(7-11-20)24-23(28)18-4-8-21(9-5-18)36(31,32)27-13-16(2)33-17(3)14-27/h4-12,16-17H,13-14H2,1-3H3,(H,24,28)(H,25,26). The number of anilines is 2. The maximum atomic E-state index is 13.0. The highest BCUT2D eigenvalue weighted by Gasteiger charge is 2.32. The molecule has 2 N–H and O–H groups in total. The van der Waals surface area contributed by atoms with Gasteiger partial charge in [-0.15, -0.1) is 0 Å². The molecule has 0 spiro atoms. The summed E-state index contributed by atoms with van der Waals surface area (Å²) in [4.78, 5) is 12.7. The molecule has 1 aromatic heterocycles. The van der Waals surface area contributed by atoms with E-state index in [4.69, 9.17) is 9.26 Å². The number of hydrogen-bond donors (Lipinski definition) is 2. The average molecular weight is 535 g/mol. The van der Waals surface area contributed by atoms with Crippen molar-refractivity contribution in [2.45, 2.75) is 42.8 Å². The first-order valence-corrected chi connectivity index (χ1v) is 14.0. The summed E-state index contributed by atoms with van der Waals surface area (Å²) in [6.07, 6.45) is -0.422. The summed E-state index contributed by atoms with van der Waals surface area (Å²) in [6, 6.07) is 12.7. The summed E-state index contributed by atoms with van der Waals surface area (Å²) in [5.74, 6) is 0.0500. The lowest BCUT2D eigenvalue weighted by Gasteiger charge is -2.34. The molecule has 2 aromatic carbocycles. The van der Waals surface area contributed by atoms with Crippen molar-refractivity contribution in [3.05, 3.63) is 65.9 Å². The molecule has 36 heavy (non-hydrogen) atoms. The van der Waals surface area contributed by atoms with Crippen LogP contribution in [0, 0.1) is 6.92 Å². The lowest BCUT2D eigenvalue weighted by molar-refractivity contribution is -0.0440. The van der Waals surface area contributed by atoms with Crippen LogP contribution in [0.5, 0.6) is 0 Å². The zero-order valence-electron chi connectivity index (χ0n) is 19.8.